The van der Waals surface area contributed by atoms with Crippen LogP contribution in [0.15, 0.2) is 0 Å². The van der Waals surface area contributed by atoms with Crippen LogP contribution < -0.4 is 9.96 Å². The van der Waals surface area contributed by atoms with Crippen molar-refractivity contribution in [3.63, 3.8) is 0 Å². The maximum absolute atomic E-state index is 6.11. The number of hydrogen-bond acceptors (Lipinski definition) is 3. The summed E-state index contributed by atoms with van der Waals surface area (Å²) in [6, 6.07) is 0. The van der Waals surface area contributed by atoms with Crippen LogP contribution in [0.3, 0.4) is 0 Å². The largest absolute Gasteiger partial charge is 0.389 e. The minimum atomic E-state index is -2.08. The molecule has 0 rings (SSSR count). The molecule has 0 spiro atoms. The van der Waals surface area contributed by atoms with E-state index in [1.807, 2.05) is 0 Å². The Morgan fingerprint density at radius 3 is 1.38 bits per heavy atom. The third kappa shape index (κ3) is 8.27. The predicted octanol–water partition coefficient (Wildman–Crippen LogP) is 2.76. The van der Waals surface area contributed by atoms with Crippen LogP contribution in [0.4, 0.5) is 0 Å². The second-order valence-electron chi connectivity index (χ2n) is 6.95. The Balaban J connectivity index is 4.75. The van der Waals surface area contributed by atoms with Crippen LogP contribution in [-0.2, 0) is 4.43 Å². The molecule has 0 fully saturated rings. The smallest absolute Gasteiger partial charge is 0.349 e. The maximum Gasteiger partial charge on any atom is 0.349 e. The molecule has 0 radical (unpaired) electrons. The fourth-order valence-electron chi connectivity index (χ4n) is 1.99. The minimum Gasteiger partial charge on any atom is -0.389 e. The molecular weight excluding hydrogens is 216 g/mol. The third-order valence-electron chi connectivity index (χ3n) is 1.70. The van der Waals surface area contributed by atoms with E-state index in [1.165, 1.54) is 0 Å². The van der Waals surface area contributed by atoms with E-state index < -0.39 is 8.64 Å². The molecule has 4 heteroatoms. The quantitative estimate of drug-likeness (QED) is 0.748. The first-order valence-corrected chi connectivity index (χ1v) is 8.50. The molecule has 0 bridgehead atoms. The van der Waals surface area contributed by atoms with Crippen molar-refractivity contribution in [1.29, 1.82) is 0 Å². The van der Waals surface area contributed by atoms with Crippen molar-refractivity contribution in [2.24, 2.45) is 0 Å². The highest BCUT2D eigenvalue weighted by molar-refractivity contribution is 6.67. The van der Waals surface area contributed by atoms with Gasteiger partial charge < -0.3 is 4.43 Å². The summed E-state index contributed by atoms with van der Waals surface area (Å²) >= 11 is 0. The van der Waals surface area contributed by atoms with Crippen molar-refractivity contribution in [2.75, 3.05) is 0 Å². The van der Waals surface area contributed by atoms with E-state index in [2.05, 4.69) is 71.9 Å². The monoisotopic (exact) mass is 246 g/mol. The number of hydrogen-bond donors (Lipinski definition) is 2. The lowest BCUT2D eigenvalue weighted by Gasteiger charge is -2.41. The first-order valence-electron chi connectivity index (χ1n) is 6.09. The molecule has 0 aliphatic rings. The van der Waals surface area contributed by atoms with Crippen molar-refractivity contribution in [2.45, 2.75) is 79.1 Å². The van der Waals surface area contributed by atoms with Crippen LogP contribution in [0.1, 0.15) is 55.4 Å². The molecule has 0 saturated carbocycles. The molecule has 0 aliphatic heterocycles. The third-order valence-corrected chi connectivity index (χ3v) is 5.10. The molecular formula is C12H30N2OSi. The van der Waals surface area contributed by atoms with Gasteiger partial charge in [-0.3, -0.25) is 9.96 Å². The van der Waals surface area contributed by atoms with Crippen LogP contribution in [-0.4, -0.2) is 25.8 Å². The predicted molar refractivity (Wildman–Crippen MR) is 73.6 cm³/mol. The molecule has 16 heavy (non-hydrogen) atoms. The molecule has 98 valence electrons. The van der Waals surface area contributed by atoms with Gasteiger partial charge in [0.2, 0.25) is 0 Å². The van der Waals surface area contributed by atoms with Gasteiger partial charge in [0.25, 0.3) is 0 Å². The highest BCUT2D eigenvalue weighted by atomic mass is 28.4. The Morgan fingerprint density at radius 2 is 1.19 bits per heavy atom. The Morgan fingerprint density at radius 1 is 0.875 bits per heavy atom. The van der Waals surface area contributed by atoms with E-state index in [4.69, 9.17) is 4.43 Å². The average Bonchev–Trinajstić information content (AvgIpc) is 1.69. The highest BCUT2D eigenvalue weighted by Crippen LogP contribution is 2.13. The summed E-state index contributed by atoms with van der Waals surface area (Å²) in [5, 5.41) is 0. The van der Waals surface area contributed by atoms with Crippen molar-refractivity contribution >= 4 is 8.64 Å². The van der Waals surface area contributed by atoms with Crippen molar-refractivity contribution in [3.8, 4) is 0 Å². The van der Waals surface area contributed by atoms with Gasteiger partial charge in [-0.25, -0.2) is 0 Å². The van der Waals surface area contributed by atoms with Gasteiger partial charge in [-0.05, 0) is 61.9 Å². The van der Waals surface area contributed by atoms with Gasteiger partial charge in [0.05, 0.1) is 0 Å². The topological polar surface area (TPSA) is 33.3 Å². The van der Waals surface area contributed by atoms with Crippen LogP contribution in [0.25, 0.3) is 0 Å². The fourth-order valence-corrected chi connectivity index (χ4v) is 5.98. The van der Waals surface area contributed by atoms with Gasteiger partial charge in [-0.2, -0.15) is 0 Å². The summed E-state index contributed by atoms with van der Waals surface area (Å²) in [7, 11) is -2.08. The Hall–Kier alpha value is 0.0969. The summed E-state index contributed by atoms with van der Waals surface area (Å²) < 4.78 is 6.11. The molecule has 0 aliphatic carbocycles. The first-order chi connectivity index (χ1) is 6.83. The maximum atomic E-state index is 6.11. The van der Waals surface area contributed by atoms with Gasteiger partial charge in [0.15, 0.2) is 0 Å². The zero-order valence-corrected chi connectivity index (χ0v) is 13.5. The highest BCUT2D eigenvalue weighted by Gasteiger charge is 2.38. The summed E-state index contributed by atoms with van der Waals surface area (Å²) in [6.07, 6.45) is 0.237. The van der Waals surface area contributed by atoms with E-state index in [0.717, 1.165) is 0 Å². The summed E-state index contributed by atoms with van der Waals surface area (Å²) in [5.74, 6) is 0. The molecule has 0 aromatic rings. The lowest BCUT2D eigenvalue weighted by atomic mass is 10.1. The Bertz CT molecular complexity index is 200. The minimum absolute atomic E-state index is 0.0636. The normalized spacial score (nSPS) is 14.6. The fraction of sp³-hybridized carbons (Fsp3) is 1.00. The summed E-state index contributed by atoms with van der Waals surface area (Å²) in [4.78, 5) is 7.25. The van der Waals surface area contributed by atoms with E-state index in [0.29, 0.717) is 0 Å². The van der Waals surface area contributed by atoms with E-state index in [1.54, 1.807) is 0 Å². The zero-order valence-electron chi connectivity index (χ0n) is 12.5. The van der Waals surface area contributed by atoms with E-state index in [-0.39, 0.29) is 17.2 Å². The van der Waals surface area contributed by atoms with Crippen LogP contribution in [0, 0.1) is 0 Å². The molecule has 0 aromatic heterocycles. The molecule has 2 N–H and O–H groups in total. The van der Waals surface area contributed by atoms with Crippen LogP contribution in [0.5, 0.6) is 0 Å². The van der Waals surface area contributed by atoms with Gasteiger partial charge in [0, 0.05) is 17.2 Å². The number of nitrogens with one attached hydrogen (secondary N) is 2. The Labute approximate surface area is 103 Å². The first kappa shape index (κ1) is 16.1. The molecule has 0 aromatic carbocycles. The zero-order chi connectivity index (χ0) is 13.2. The van der Waals surface area contributed by atoms with Crippen LogP contribution in [0.2, 0.25) is 6.55 Å². The van der Waals surface area contributed by atoms with Gasteiger partial charge in [-0.1, -0.05) is 0 Å². The molecule has 0 saturated heterocycles. The van der Waals surface area contributed by atoms with Gasteiger partial charge in [-0.15, -0.1) is 0 Å². The molecule has 3 nitrogen and oxygen atoms in total. The van der Waals surface area contributed by atoms with E-state index >= 15 is 0 Å². The summed E-state index contributed by atoms with van der Waals surface area (Å²) in [5.41, 5.74) is 0.127. The van der Waals surface area contributed by atoms with Crippen molar-refractivity contribution in [1.82, 2.24) is 9.96 Å². The Kier molecular flexibility index (Phi) is 5.20. The second-order valence-corrected chi connectivity index (χ2v) is 9.75. The van der Waals surface area contributed by atoms with E-state index in [9.17, 15) is 0 Å². The van der Waals surface area contributed by atoms with Gasteiger partial charge in [0.1, 0.15) is 0 Å². The summed E-state index contributed by atoms with van der Waals surface area (Å²) in [6.45, 7) is 19.4. The number of rotatable bonds is 4. The second kappa shape index (κ2) is 5.17. The molecule has 0 amide bonds. The molecule has 0 heterocycles. The molecule has 0 atom stereocenters. The van der Waals surface area contributed by atoms with Crippen molar-refractivity contribution < 1.29 is 4.43 Å². The SMILES string of the molecule is CC(C)O[Si](C)(NC(C)(C)C)NC(C)(C)C. The standard InChI is InChI=1S/C12H30N2OSi/c1-10(2)15-16(9,13-11(3,4)5)14-12(6,7)8/h10,13-14H,1-9H3. The van der Waals surface area contributed by atoms with Gasteiger partial charge >= 0.3 is 8.64 Å². The van der Waals surface area contributed by atoms with Crippen LogP contribution >= 0.6 is 0 Å². The lowest BCUT2D eigenvalue weighted by Crippen LogP contribution is -2.71. The molecule has 0 unspecified atom stereocenters. The van der Waals surface area contributed by atoms with Crippen molar-refractivity contribution in [3.05, 3.63) is 0 Å². The lowest BCUT2D eigenvalue weighted by molar-refractivity contribution is 0.197. The average molecular weight is 246 g/mol.